The molecule has 0 spiro atoms. The first kappa shape index (κ1) is 15.9. The molecule has 1 aromatic carbocycles. The van der Waals surface area contributed by atoms with Crippen LogP contribution in [0.1, 0.15) is 76.4 Å². The highest BCUT2D eigenvalue weighted by Crippen LogP contribution is 2.31. The molecule has 2 nitrogen and oxygen atoms in total. The lowest BCUT2D eigenvalue weighted by atomic mass is 9.85. The predicted molar refractivity (Wildman–Crippen MR) is 93.3 cm³/mol. The zero-order valence-electron chi connectivity index (χ0n) is 14.0. The summed E-state index contributed by atoms with van der Waals surface area (Å²) in [4.78, 5) is 2.48. The molecule has 2 unspecified atom stereocenters. The molecule has 1 saturated carbocycles. The smallest absolute Gasteiger partial charge is 0.0790 e. The number of anilines is 1. The van der Waals surface area contributed by atoms with Gasteiger partial charge in [0.25, 0.3) is 0 Å². The highest BCUT2D eigenvalue weighted by atomic mass is 16.3. The van der Waals surface area contributed by atoms with Gasteiger partial charge in [0, 0.05) is 18.3 Å². The van der Waals surface area contributed by atoms with Crippen molar-refractivity contribution in [3.63, 3.8) is 0 Å². The van der Waals surface area contributed by atoms with Crippen LogP contribution in [0.25, 0.3) is 0 Å². The van der Waals surface area contributed by atoms with Gasteiger partial charge in [0.2, 0.25) is 0 Å². The minimum absolute atomic E-state index is 0.285. The summed E-state index contributed by atoms with van der Waals surface area (Å²) in [5.74, 6) is 0.855. The van der Waals surface area contributed by atoms with E-state index in [9.17, 15) is 5.11 Å². The van der Waals surface area contributed by atoms with Gasteiger partial charge >= 0.3 is 0 Å². The molecule has 1 heterocycles. The Bertz CT molecular complexity index is 449. The second kappa shape index (κ2) is 7.50. The van der Waals surface area contributed by atoms with E-state index in [0.717, 1.165) is 17.9 Å². The van der Waals surface area contributed by atoms with Crippen LogP contribution in [0, 0.1) is 5.92 Å². The standard InChI is InChI=1S/C20H31NO/c1-16-6-5-15-21(16)19-12-10-18(11-13-19)20(22)14-9-17-7-3-2-4-8-17/h10-13,16-17,20,22H,2-9,14-15H2,1H3. The third-order valence-corrected chi connectivity index (χ3v) is 5.74. The number of hydrogen-bond acceptors (Lipinski definition) is 2. The molecule has 1 saturated heterocycles. The number of nitrogens with zero attached hydrogens (tertiary/aromatic N) is 1. The van der Waals surface area contributed by atoms with E-state index in [1.807, 2.05) is 0 Å². The highest BCUT2D eigenvalue weighted by Gasteiger charge is 2.21. The topological polar surface area (TPSA) is 23.5 Å². The number of rotatable bonds is 5. The van der Waals surface area contributed by atoms with Crippen LogP contribution in [0.5, 0.6) is 0 Å². The van der Waals surface area contributed by atoms with Gasteiger partial charge in [0.15, 0.2) is 0 Å². The predicted octanol–water partition coefficient (Wildman–Crippen LogP) is 5.07. The SMILES string of the molecule is CC1CCCN1c1ccc(C(O)CCC2CCCCC2)cc1. The van der Waals surface area contributed by atoms with Crippen molar-refractivity contribution in [2.75, 3.05) is 11.4 Å². The van der Waals surface area contributed by atoms with Gasteiger partial charge in [-0.1, -0.05) is 44.2 Å². The van der Waals surface area contributed by atoms with Gasteiger partial charge in [-0.25, -0.2) is 0 Å². The Kier molecular flexibility index (Phi) is 5.41. The fourth-order valence-electron chi connectivity index (χ4n) is 4.24. The van der Waals surface area contributed by atoms with Crippen molar-refractivity contribution in [1.29, 1.82) is 0 Å². The molecule has 2 heteroatoms. The molecule has 1 aliphatic heterocycles. The molecule has 2 aliphatic rings. The molecule has 0 bridgehead atoms. The Morgan fingerprint density at radius 2 is 1.77 bits per heavy atom. The average molecular weight is 301 g/mol. The first-order valence-electron chi connectivity index (χ1n) is 9.28. The maximum absolute atomic E-state index is 10.4. The van der Waals surface area contributed by atoms with E-state index in [2.05, 4.69) is 36.1 Å². The van der Waals surface area contributed by atoms with Crippen LogP contribution in [0.3, 0.4) is 0 Å². The Labute approximate surface area is 135 Å². The minimum Gasteiger partial charge on any atom is -0.388 e. The molecule has 0 aromatic heterocycles. The van der Waals surface area contributed by atoms with Gasteiger partial charge in [0.05, 0.1) is 6.10 Å². The van der Waals surface area contributed by atoms with Crippen LogP contribution in [0.2, 0.25) is 0 Å². The van der Waals surface area contributed by atoms with Crippen LogP contribution in [-0.4, -0.2) is 17.7 Å². The van der Waals surface area contributed by atoms with E-state index in [1.54, 1.807) is 0 Å². The maximum Gasteiger partial charge on any atom is 0.0790 e. The quantitative estimate of drug-likeness (QED) is 0.821. The zero-order valence-corrected chi connectivity index (χ0v) is 14.0. The molecule has 2 fully saturated rings. The molecular weight excluding hydrogens is 270 g/mol. The van der Waals surface area contributed by atoms with Crippen molar-refractivity contribution in [2.24, 2.45) is 5.92 Å². The third-order valence-electron chi connectivity index (χ3n) is 5.74. The monoisotopic (exact) mass is 301 g/mol. The Morgan fingerprint density at radius 1 is 1.05 bits per heavy atom. The number of aliphatic hydroxyl groups is 1. The third kappa shape index (κ3) is 3.84. The van der Waals surface area contributed by atoms with Crippen LogP contribution in [-0.2, 0) is 0 Å². The second-order valence-electron chi connectivity index (χ2n) is 7.37. The van der Waals surface area contributed by atoms with Crippen LogP contribution < -0.4 is 4.90 Å². The molecule has 2 atom stereocenters. The fraction of sp³-hybridized carbons (Fsp3) is 0.700. The molecule has 0 radical (unpaired) electrons. The van der Waals surface area contributed by atoms with Crippen LogP contribution in [0.15, 0.2) is 24.3 Å². The van der Waals surface area contributed by atoms with E-state index in [4.69, 9.17) is 0 Å². The molecule has 0 amide bonds. The molecule has 1 N–H and O–H groups in total. The summed E-state index contributed by atoms with van der Waals surface area (Å²) in [7, 11) is 0. The van der Waals surface area contributed by atoms with Gasteiger partial charge in [-0.05, 0) is 56.2 Å². The van der Waals surface area contributed by atoms with Gasteiger partial charge in [-0.2, -0.15) is 0 Å². The summed E-state index contributed by atoms with van der Waals surface area (Å²) >= 11 is 0. The minimum atomic E-state index is -0.285. The Hall–Kier alpha value is -1.02. The normalized spacial score (nSPS) is 24.6. The van der Waals surface area contributed by atoms with Crippen LogP contribution >= 0.6 is 0 Å². The highest BCUT2D eigenvalue weighted by molar-refractivity contribution is 5.49. The lowest BCUT2D eigenvalue weighted by Gasteiger charge is -2.25. The summed E-state index contributed by atoms with van der Waals surface area (Å²) in [5.41, 5.74) is 2.40. The lowest BCUT2D eigenvalue weighted by Crippen LogP contribution is -2.26. The second-order valence-corrected chi connectivity index (χ2v) is 7.37. The van der Waals surface area contributed by atoms with Gasteiger partial charge in [0.1, 0.15) is 0 Å². The number of aliphatic hydroxyl groups excluding tert-OH is 1. The van der Waals surface area contributed by atoms with Crippen molar-refractivity contribution in [2.45, 2.75) is 76.9 Å². The molecular formula is C20H31NO. The van der Waals surface area contributed by atoms with Crippen molar-refractivity contribution >= 4 is 5.69 Å². The lowest BCUT2D eigenvalue weighted by molar-refractivity contribution is 0.151. The number of hydrogen-bond donors (Lipinski definition) is 1. The zero-order chi connectivity index (χ0) is 15.4. The molecule has 3 rings (SSSR count). The van der Waals surface area contributed by atoms with Crippen molar-refractivity contribution in [3.8, 4) is 0 Å². The molecule has 1 aliphatic carbocycles. The van der Waals surface area contributed by atoms with Crippen molar-refractivity contribution < 1.29 is 5.11 Å². The van der Waals surface area contributed by atoms with E-state index in [-0.39, 0.29) is 6.10 Å². The van der Waals surface area contributed by atoms with Crippen molar-refractivity contribution in [3.05, 3.63) is 29.8 Å². The summed E-state index contributed by atoms with van der Waals surface area (Å²) in [6.07, 6.45) is 11.4. The van der Waals surface area contributed by atoms with Gasteiger partial charge < -0.3 is 10.0 Å². The molecule has 1 aromatic rings. The maximum atomic E-state index is 10.4. The first-order valence-corrected chi connectivity index (χ1v) is 9.28. The van der Waals surface area contributed by atoms with E-state index in [1.165, 1.54) is 63.6 Å². The van der Waals surface area contributed by atoms with Gasteiger partial charge in [-0.3, -0.25) is 0 Å². The van der Waals surface area contributed by atoms with E-state index in [0.29, 0.717) is 6.04 Å². The van der Waals surface area contributed by atoms with Crippen molar-refractivity contribution in [1.82, 2.24) is 0 Å². The summed E-state index contributed by atoms with van der Waals surface area (Å²) < 4.78 is 0. The van der Waals surface area contributed by atoms with Crippen LogP contribution in [0.4, 0.5) is 5.69 Å². The largest absolute Gasteiger partial charge is 0.388 e. The fourth-order valence-corrected chi connectivity index (χ4v) is 4.24. The average Bonchev–Trinajstić information content (AvgIpc) is 3.00. The Balaban J connectivity index is 1.52. The first-order chi connectivity index (χ1) is 10.7. The number of benzene rings is 1. The molecule has 22 heavy (non-hydrogen) atoms. The molecule has 122 valence electrons. The summed E-state index contributed by atoms with van der Waals surface area (Å²) in [6.45, 7) is 3.48. The van der Waals surface area contributed by atoms with E-state index >= 15 is 0 Å². The van der Waals surface area contributed by atoms with E-state index < -0.39 is 0 Å². The summed E-state index contributed by atoms with van der Waals surface area (Å²) in [6, 6.07) is 9.31. The Morgan fingerprint density at radius 3 is 2.41 bits per heavy atom. The van der Waals surface area contributed by atoms with Gasteiger partial charge in [-0.15, -0.1) is 0 Å². The summed E-state index contributed by atoms with van der Waals surface area (Å²) in [5, 5.41) is 10.4.